The number of hydrogen-bond acceptors (Lipinski definition) is 3. The van der Waals surface area contributed by atoms with Crippen LogP contribution in [0.1, 0.15) is 32.6 Å². The minimum Gasteiger partial charge on any atom is -0.483 e. The van der Waals surface area contributed by atoms with Crippen LogP contribution in [-0.2, 0) is 4.74 Å². The molecule has 0 radical (unpaired) electrons. The van der Waals surface area contributed by atoms with Crippen molar-refractivity contribution in [1.82, 2.24) is 0 Å². The monoisotopic (exact) mass is 236 g/mol. The van der Waals surface area contributed by atoms with Crippen LogP contribution in [0.3, 0.4) is 0 Å². The predicted octanol–water partition coefficient (Wildman–Crippen LogP) is 3.38. The molecule has 3 heteroatoms. The number of para-hydroxylation sites is 2. The van der Waals surface area contributed by atoms with E-state index < -0.39 is 0 Å². The molecule has 1 unspecified atom stereocenters. The smallest absolute Gasteiger partial charge is 0.234 e. The minimum atomic E-state index is -0.258. The van der Waals surface area contributed by atoms with Crippen molar-refractivity contribution in [3.63, 3.8) is 0 Å². The summed E-state index contributed by atoms with van der Waals surface area (Å²) < 4.78 is 16.9. The Kier molecular flexibility index (Phi) is 4.68. The highest BCUT2D eigenvalue weighted by Gasteiger charge is 2.20. The van der Waals surface area contributed by atoms with Crippen LogP contribution in [0.5, 0.6) is 11.5 Å². The fraction of sp³-hybridized carbons (Fsp3) is 0.571. The summed E-state index contributed by atoms with van der Waals surface area (Å²) in [7, 11) is 0. The molecule has 1 aromatic rings. The molecule has 0 aromatic heterocycles. The number of fused-ring (bicyclic) bond motifs is 1. The average Bonchev–Trinajstić information content (AvgIpc) is 2.38. The second-order valence-electron chi connectivity index (χ2n) is 4.24. The molecule has 0 saturated heterocycles. The molecule has 1 aromatic carbocycles. The van der Waals surface area contributed by atoms with Crippen LogP contribution in [0.25, 0.3) is 0 Å². The van der Waals surface area contributed by atoms with Crippen molar-refractivity contribution < 1.29 is 14.2 Å². The van der Waals surface area contributed by atoms with E-state index in [9.17, 15) is 0 Å². The number of unbranched alkanes of at least 4 members (excludes halogenated alkanes) is 3. The highest BCUT2D eigenvalue weighted by molar-refractivity contribution is 5.40. The van der Waals surface area contributed by atoms with Crippen LogP contribution in [0.4, 0.5) is 0 Å². The summed E-state index contributed by atoms with van der Waals surface area (Å²) in [6.45, 7) is 3.43. The Hall–Kier alpha value is -1.22. The molecule has 2 rings (SSSR count). The number of rotatable bonds is 6. The zero-order chi connectivity index (χ0) is 11.9. The maximum atomic E-state index is 5.69. The van der Waals surface area contributed by atoms with Crippen molar-refractivity contribution >= 4 is 0 Å². The quantitative estimate of drug-likeness (QED) is 0.709. The topological polar surface area (TPSA) is 27.7 Å². The average molecular weight is 236 g/mol. The Morgan fingerprint density at radius 2 is 2.00 bits per heavy atom. The number of hydrogen-bond donors (Lipinski definition) is 0. The lowest BCUT2D eigenvalue weighted by Gasteiger charge is -2.26. The maximum absolute atomic E-state index is 5.69. The molecular weight excluding hydrogens is 216 g/mol. The molecule has 0 N–H and O–H groups in total. The van der Waals surface area contributed by atoms with Gasteiger partial charge in [0.1, 0.15) is 0 Å². The predicted molar refractivity (Wildman–Crippen MR) is 66.4 cm³/mol. The second kappa shape index (κ2) is 6.50. The van der Waals surface area contributed by atoms with E-state index in [0.29, 0.717) is 6.61 Å². The van der Waals surface area contributed by atoms with Crippen molar-refractivity contribution in [2.75, 3.05) is 13.2 Å². The second-order valence-corrected chi connectivity index (χ2v) is 4.24. The summed E-state index contributed by atoms with van der Waals surface area (Å²) >= 11 is 0. The number of ether oxygens (including phenoxy) is 3. The van der Waals surface area contributed by atoms with Gasteiger partial charge in [-0.15, -0.1) is 0 Å². The first-order valence-electron chi connectivity index (χ1n) is 6.40. The summed E-state index contributed by atoms with van der Waals surface area (Å²) in [6, 6.07) is 7.69. The van der Waals surface area contributed by atoms with Gasteiger partial charge in [0.05, 0.1) is 6.61 Å². The molecule has 1 atom stereocenters. The summed E-state index contributed by atoms with van der Waals surface area (Å²) in [5, 5.41) is 0. The van der Waals surface area contributed by atoms with Crippen molar-refractivity contribution in [1.29, 1.82) is 0 Å². The Bertz CT molecular complexity index is 338. The molecule has 0 aliphatic carbocycles. The van der Waals surface area contributed by atoms with Gasteiger partial charge in [-0.05, 0) is 18.6 Å². The highest BCUT2D eigenvalue weighted by atomic mass is 16.7. The summed E-state index contributed by atoms with van der Waals surface area (Å²) in [6.07, 6.45) is 4.58. The molecule has 0 spiro atoms. The third-order valence-electron chi connectivity index (χ3n) is 2.78. The molecule has 0 fully saturated rings. The Balaban J connectivity index is 1.71. The molecule has 1 aliphatic rings. The first-order valence-corrected chi connectivity index (χ1v) is 6.40. The molecule has 0 saturated carbocycles. The van der Waals surface area contributed by atoms with Gasteiger partial charge in [0.25, 0.3) is 0 Å². The largest absolute Gasteiger partial charge is 0.483 e. The van der Waals surface area contributed by atoms with Crippen molar-refractivity contribution in [2.24, 2.45) is 0 Å². The van der Waals surface area contributed by atoms with Crippen molar-refractivity contribution in [2.45, 2.75) is 38.9 Å². The Morgan fingerprint density at radius 3 is 2.82 bits per heavy atom. The third-order valence-corrected chi connectivity index (χ3v) is 2.78. The van der Waals surface area contributed by atoms with Crippen LogP contribution in [0.2, 0.25) is 0 Å². The lowest BCUT2D eigenvalue weighted by Crippen LogP contribution is -2.32. The van der Waals surface area contributed by atoms with E-state index in [1.807, 2.05) is 24.3 Å². The van der Waals surface area contributed by atoms with Gasteiger partial charge in [0.2, 0.25) is 6.29 Å². The van der Waals surface area contributed by atoms with Crippen LogP contribution in [0.15, 0.2) is 24.3 Å². The fourth-order valence-electron chi connectivity index (χ4n) is 1.83. The van der Waals surface area contributed by atoms with E-state index in [2.05, 4.69) is 6.92 Å². The molecular formula is C14H20O3. The molecule has 0 amide bonds. The van der Waals surface area contributed by atoms with Gasteiger partial charge >= 0.3 is 0 Å². The molecule has 1 heterocycles. The van der Waals surface area contributed by atoms with Gasteiger partial charge in [-0.3, -0.25) is 0 Å². The summed E-state index contributed by atoms with van der Waals surface area (Å²) in [5.41, 5.74) is 0. The highest BCUT2D eigenvalue weighted by Crippen LogP contribution is 2.31. The van der Waals surface area contributed by atoms with E-state index >= 15 is 0 Å². The fourth-order valence-corrected chi connectivity index (χ4v) is 1.83. The standard InChI is InChI=1S/C14H20O3/c1-2-3-4-7-10-15-14-11-16-12-8-5-6-9-13(12)17-14/h5-6,8-9,14H,2-4,7,10-11H2,1H3. The lowest BCUT2D eigenvalue weighted by atomic mass is 10.2. The first kappa shape index (κ1) is 12.2. The molecule has 1 aliphatic heterocycles. The molecule has 0 bridgehead atoms. The van der Waals surface area contributed by atoms with Crippen LogP contribution in [0, 0.1) is 0 Å². The third kappa shape index (κ3) is 3.63. The van der Waals surface area contributed by atoms with Crippen LogP contribution >= 0.6 is 0 Å². The van der Waals surface area contributed by atoms with E-state index in [1.54, 1.807) is 0 Å². The van der Waals surface area contributed by atoms with Crippen LogP contribution < -0.4 is 9.47 Å². The van der Waals surface area contributed by atoms with E-state index in [-0.39, 0.29) is 6.29 Å². The molecule has 94 valence electrons. The minimum absolute atomic E-state index is 0.258. The SMILES string of the molecule is CCCCCCOC1COc2ccccc2O1. The first-order chi connectivity index (χ1) is 8.40. The van der Waals surface area contributed by atoms with Gasteiger partial charge in [-0.25, -0.2) is 0 Å². The van der Waals surface area contributed by atoms with Crippen molar-refractivity contribution in [3.8, 4) is 11.5 Å². The summed E-state index contributed by atoms with van der Waals surface area (Å²) in [4.78, 5) is 0. The molecule has 17 heavy (non-hydrogen) atoms. The van der Waals surface area contributed by atoms with E-state index in [0.717, 1.165) is 24.5 Å². The van der Waals surface area contributed by atoms with Crippen LogP contribution in [-0.4, -0.2) is 19.5 Å². The van der Waals surface area contributed by atoms with Gasteiger partial charge in [0.15, 0.2) is 18.1 Å². The Morgan fingerprint density at radius 1 is 1.18 bits per heavy atom. The van der Waals surface area contributed by atoms with E-state index in [4.69, 9.17) is 14.2 Å². The summed E-state index contributed by atoms with van der Waals surface area (Å²) in [5.74, 6) is 1.58. The zero-order valence-corrected chi connectivity index (χ0v) is 10.4. The molecule has 3 nitrogen and oxygen atoms in total. The lowest BCUT2D eigenvalue weighted by molar-refractivity contribution is -0.116. The van der Waals surface area contributed by atoms with Crippen molar-refractivity contribution in [3.05, 3.63) is 24.3 Å². The van der Waals surface area contributed by atoms with Gasteiger partial charge < -0.3 is 14.2 Å². The Labute approximate surface area is 103 Å². The van der Waals surface area contributed by atoms with E-state index in [1.165, 1.54) is 19.3 Å². The van der Waals surface area contributed by atoms with Gasteiger partial charge in [-0.1, -0.05) is 38.3 Å². The maximum Gasteiger partial charge on any atom is 0.234 e. The zero-order valence-electron chi connectivity index (χ0n) is 10.4. The van der Waals surface area contributed by atoms with Gasteiger partial charge in [0, 0.05) is 0 Å². The van der Waals surface area contributed by atoms with Gasteiger partial charge in [-0.2, -0.15) is 0 Å². The number of benzene rings is 1. The normalized spacial score (nSPS) is 18.1.